The SMILES string of the molecule is Cc1cccc2cc(/C=N\NC(=S)NCC[NH+]3CCOCC3)c(Cl)nc12. The van der Waals surface area contributed by atoms with Crippen molar-refractivity contribution >= 4 is 46.0 Å². The van der Waals surface area contributed by atoms with Crippen LogP contribution in [-0.2, 0) is 4.74 Å². The number of aromatic nitrogens is 1. The number of nitrogens with one attached hydrogen (secondary N) is 3. The van der Waals surface area contributed by atoms with Crippen molar-refractivity contribution in [1.82, 2.24) is 15.7 Å². The number of hydrogen-bond donors (Lipinski definition) is 3. The normalized spacial score (nSPS) is 15.5. The van der Waals surface area contributed by atoms with E-state index in [1.54, 1.807) is 6.21 Å². The molecule has 1 saturated heterocycles. The van der Waals surface area contributed by atoms with Gasteiger partial charge in [-0.15, -0.1) is 0 Å². The van der Waals surface area contributed by atoms with Crippen LogP contribution < -0.4 is 15.6 Å². The molecule has 1 aromatic heterocycles. The first-order valence-corrected chi connectivity index (χ1v) is 9.46. The van der Waals surface area contributed by atoms with Crippen molar-refractivity contribution in [3.05, 3.63) is 40.5 Å². The summed E-state index contributed by atoms with van der Waals surface area (Å²) in [5, 5.41) is 9.28. The van der Waals surface area contributed by atoms with Gasteiger partial charge < -0.3 is 15.0 Å². The van der Waals surface area contributed by atoms with Gasteiger partial charge in [0, 0.05) is 10.9 Å². The molecular formula is C18H23ClN5OS+. The lowest BCUT2D eigenvalue weighted by Gasteiger charge is -2.23. The summed E-state index contributed by atoms with van der Waals surface area (Å²) in [6.45, 7) is 7.59. The van der Waals surface area contributed by atoms with Gasteiger partial charge in [0.15, 0.2) is 5.11 Å². The van der Waals surface area contributed by atoms with E-state index in [4.69, 9.17) is 28.6 Å². The Balaban J connectivity index is 1.50. The number of para-hydroxylation sites is 1. The zero-order valence-electron chi connectivity index (χ0n) is 14.7. The lowest BCUT2D eigenvalue weighted by Crippen LogP contribution is -3.14. The summed E-state index contributed by atoms with van der Waals surface area (Å²) in [7, 11) is 0. The fraction of sp³-hybridized carbons (Fsp3) is 0.389. The predicted octanol–water partition coefficient (Wildman–Crippen LogP) is 0.910. The van der Waals surface area contributed by atoms with E-state index in [1.165, 1.54) is 4.90 Å². The Labute approximate surface area is 163 Å². The molecule has 0 radical (unpaired) electrons. The predicted molar refractivity (Wildman–Crippen MR) is 109 cm³/mol. The van der Waals surface area contributed by atoms with Gasteiger partial charge in [0.1, 0.15) is 18.2 Å². The second-order valence-electron chi connectivity index (χ2n) is 6.25. The average Bonchev–Trinajstić information content (AvgIpc) is 2.64. The number of pyridine rings is 1. The quantitative estimate of drug-likeness (QED) is 0.305. The summed E-state index contributed by atoms with van der Waals surface area (Å²) in [6, 6.07) is 8.00. The summed E-state index contributed by atoms with van der Waals surface area (Å²) >= 11 is 11.5. The van der Waals surface area contributed by atoms with Crippen LogP contribution in [0.2, 0.25) is 5.15 Å². The molecular weight excluding hydrogens is 370 g/mol. The molecule has 138 valence electrons. The Morgan fingerprint density at radius 3 is 3.04 bits per heavy atom. The molecule has 1 aliphatic rings. The molecule has 2 heterocycles. The summed E-state index contributed by atoms with van der Waals surface area (Å²) < 4.78 is 5.35. The number of hydrogen-bond acceptors (Lipinski definition) is 4. The van der Waals surface area contributed by atoms with Gasteiger partial charge in [0.25, 0.3) is 0 Å². The molecule has 0 saturated carbocycles. The maximum atomic E-state index is 6.27. The van der Waals surface area contributed by atoms with Crippen LogP contribution in [0, 0.1) is 6.92 Å². The highest BCUT2D eigenvalue weighted by Crippen LogP contribution is 2.21. The fourth-order valence-electron chi connectivity index (χ4n) is 2.89. The minimum Gasteiger partial charge on any atom is -0.370 e. The number of aryl methyl sites for hydroxylation is 1. The van der Waals surface area contributed by atoms with E-state index in [2.05, 4.69) is 20.8 Å². The van der Waals surface area contributed by atoms with E-state index in [0.717, 1.165) is 61.4 Å². The van der Waals surface area contributed by atoms with E-state index in [0.29, 0.717) is 10.3 Å². The highest BCUT2D eigenvalue weighted by molar-refractivity contribution is 7.80. The Kier molecular flexibility index (Phi) is 6.73. The largest absolute Gasteiger partial charge is 0.370 e. The maximum Gasteiger partial charge on any atom is 0.187 e. The van der Waals surface area contributed by atoms with Crippen molar-refractivity contribution in [3.63, 3.8) is 0 Å². The third kappa shape index (κ3) is 5.11. The Hall–Kier alpha value is -1.80. The first kappa shape index (κ1) is 19.0. The van der Waals surface area contributed by atoms with Gasteiger partial charge in [0.05, 0.1) is 38.0 Å². The first-order chi connectivity index (χ1) is 12.6. The van der Waals surface area contributed by atoms with Crippen molar-refractivity contribution in [2.75, 3.05) is 39.4 Å². The van der Waals surface area contributed by atoms with Crippen molar-refractivity contribution in [2.45, 2.75) is 6.92 Å². The number of morpholine rings is 1. The van der Waals surface area contributed by atoms with Crippen molar-refractivity contribution in [1.29, 1.82) is 0 Å². The van der Waals surface area contributed by atoms with Crippen LogP contribution in [0.4, 0.5) is 0 Å². The number of thiocarbonyl (C=S) groups is 1. The molecule has 8 heteroatoms. The van der Waals surface area contributed by atoms with Crippen LogP contribution in [0.5, 0.6) is 0 Å². The summed E-state index contributed by atoms with van der Waals surface area (Å²) in [5.41, 5.74) is 5.58. The minimum absolute atomic E-state index is 0.423. The molecule has 26 heavy (non-hydrogen) atoms. The van der Waals surface area contributed by atoms with E-state index < -0.39 is 0 Å². The molecule has 0 amide bonds. The molecule has 1 aliphatic heterocycles. The van der Waals surface area contributed by atoms with Gasteiger partial charge in [-0.2, -0.15) is 5.10 Å². The van der Waals surface area contributed by atoms with Gasteiger partial charge in [-0.3, -0.25) is 5.43 Å². The average molecular weight is 393 g/mol. The van der Waals surface area contributed by atoms with Crippen molar-refractivity contribution in [2.24, 2.45) is 5.10 Å². The minimum atomic E-state index is 0.423. The number of hydrazone groups is 1. The lowest BCUT2D eigenvalue weighted by molar-refractivity contribution is -0.906. The van der Waals surface area contributed by atoms with Gasteiger partial charge >= 0.3 is 0 Å². The van der Waals surface area contributed by atoms with Crippen LogP contribution >= 0.6 is 23.8 Å². The Morgan fingerprint density at radius 1 is 1.42 bits per heavy atom. The van der Waals surface area contributed by atoms with Crippen LogP contribution in [0.3, 0.4) is 0 Å². The van der Waals surface area contributed by atoms with Crippen molar-refractivity contribution < 1.29 is 9.64 Å². The van der Waals surface area contributed by atoms with Crippen LogP contribution in [0.15, 0.2) is 29.4 Å². The number of benzene rings is 1. The number of rotatable bonds is 5. The van der Waals surface area contributed by atoms with E-state index in [9.17, 15) is 0 Å². The second kappa shape index (κ2) is 9.23. The highest BCUT2D eigenvalue weighted by Gasteiger charge is 2.12. The maximum absolute atomic E-state index is 6.27. The molecule has 0 unspecified atom stereocenters. The van der Waals surface area contributed by atoms with E-state index >= 15 is 0 Å². The molecule has 1 fully saturated rings. The molecule has 0 aliphatic carbocycles. The number of ether oxygens (including phenoxy) is 1. The monoisotopic (exact) mass is 392 g/mol. The van der Waals surface area contributed by atoms with E-state index in [1.807, 2.05) is 31.2 Å². The molecule has 3 rings (SSSR count). The smallest absolute Gasteiger partial charge is 0.187 e. The number of fused-ring (bicyclic) bond motifs is 1. The third-order valence-corrected chi connectivity index (χ3v) is 4.90. The lowest BCUT2D eigenvalue weighted by atomic mass is 10.1. The van der Waals surface area contributed by atoms with E-state index in [-0.39, 0.29) is 0 Å². The zero-order chi connectivity index (χ0) is 18.4. The highest BCUT2D eigenvalue weighted by atomic mass is 35.5. The Bertz CT molecular complexity index is 808. The van der Waals surface area contributed by atoms with Crippen LogP contribution in [0.1, 0.15) is 11.1 Å². The zero-order valence-corrected chi connectivity index (χ0v) is 16.3. The van der Waals surface area contributed by atoms with Gasteiger partial charge in [0.2, 0.25) is 0 Å². The summed E-state index contributed by atoms with van der Waals surface area (Å²) in [4.78, 5) is 5.99. The number of quaternary nitrogens is 1. The third-order valence-electron chi connectivity index (χ3n) is 4.36. The van der Waals surface area contributed by atoms with Gasteiger partial charge in [-0.05, 0) is 30.8 Å². The molecule has 1 aromatic carbocycles. The number of halogens is 1. The molecule has 0 spiro atoms. The molecule has 2 aromatic rings. The molecule has 6 nitrogen and oxygen atoms in total. The van der Waals surface area contributed by atoms with Gasteiger partial charge in [-0.25, -0.2) is 4.98 Å². The van der Waals surface area contributed by atoms with Crippen molar-refractivity contribution in [3.8, 4) is 0 Å². The topological polar surface area (TPSA) is 63.0 Å². The fourth-order valence-corrected chi connectivity index (χ4v) is 3.24. The second-order valence-corrected chi connectivity index (χ2v) is 7.02. The number of nitrogens with zero attached hydrogens (tertiary/aromatic N) is 2. The van der Waals surface area contributed by atoms with Gasteiger partial charge in [-0.1, -0.05) is 29.8 Å². The summed E-state index contributed by atoms with van der Waals surface area (Å²) in [6.07, 6.45) is 1.64. The molecule has 3 N–H and O–H groups in total. The summed E-state index contributed by atoms with van der Waals surface area (Å²) in [5.74, 6) is 0. The van der Waals surface area contributed by atoms with Crippen LogP contribution in [0.25, 0.3) is 10.9 Å². The molecule has 0 bridgehead atoms. The Morgan fingerprint density at radius 2 is 2.23 bits per heavy atom. The van der Waals surface area contributed by atoms with Crippen LogP contribution in [-0.4, -0.2) is 55.7 Å². The standard InChI is InChI=1S/C18H22ClN5OS/c1-13-3-2-4-14-11-15(17(19)22-16(13)14)12-21-23-18(26)20-5-6-24-7-9-25-10-8-24/h2-4,11-12H,5-10H2,1H3,(H2,20,23,26)/p+1/b21-12-. The first-order valence-electron chi connectivity index (χ1n) is 8.67. The molecule has 0 atom stereocenters.